The molecule has 3 amide bonds. The van der Waals surface area contributed by atoms with Crippen LogP contribution in [0, 0.1) is 35.3 Å². The molecule has 0 radical (unpaired) electrons. The fraction of sp³-hybridized carbons (Fsp3) is 0.444. The van der Waals surface area contributed by atoms with Crippen LogP contribution in [0.4, 0.5) is 19.3 Å². The van der Waals surface area contributed by atoms with E-state index in [2.05, 4.69) is 22.1 Å². The highest BCUT2D eigenvalue weighted by Gasteiger charge is 2.34. The molecule has 0 saturated carbocycles. The van der Waals surface area contributed by atoms with Crippen LogP contribution in [0.25, 0.3) is 0 Å². The quantitative estimate of drug-likeness (QED) is 0.593. The molecular formula is C27H32F2N4O4. The van der Waals surface area contributed by atoms with E-state index >= 15 is 0 Å². The number of rotatable bonds is 5. The average molecular weight is 515 g/mol. The number of hydrogen-bond acceptors (Lipinski definition) is 5. The number of amides is 3. The average Bonchev–Trinajstić information content (AvgIpc) is 2.86. The molecule has 1 aliphatic heterocycles. The molecule has 2 N–H and O–H groups in total. The lowest BCUT2D eigenvalue weighted by molar-refractivity contribution is 0.0356. The first-order valence-electron chi connectivity index (χ1n) is 12.1. The van der Waals surface area contributed by atoms with Crippen LogP contribution in [0.15, 0.2) is 30.5 Å². The van der Waals surface area contributed by atoms with Gasteiger partial charge in [0.25, 0.3) is 5.91 Å². The lowest BCUT2D eigenvalue weighted by atomic mass is 10.00. The zero-order valence-corrected chi connectivity index (χ0v) is 21.6. The molecule has 2 aromatic rings. The van der Waals surface area contributed by atoms with Gasteiger partial charge in [-0.2, -0.15) is 0 Å². The second-order valence-corrected chi connectivity index (χ2v) is 9.56. The van der Waals surface area contributed by atoms with E-state index in [-0.39, 0.29) is 54.6 Å². The number of benzene rings is 1. The van der Waals surface area contributed by atoms with E-state index < -0.39 is 29.8 Å². The van der Waals surface area contributed by atoms with Gasteiger partial charge in [-0.3, -0.25) is 4.79 Å². The van der Waals surface area contributed by atoms with Gasteiger partial charge in [0.15, 0.2) is 0 Å². The number of aliphatic hydroxyl groups excluding tert-OH is 1. The van der Waals surface area contributed by atoms with Gasteiger partial charge in [0.1, 0.15) is 23.3 Å². The van der Waals surface area contributed by atoms with Crippen LogP contribution >= 0.6 is 0 Å². The number of nitrogens with zero attached hydrogens (tertiary/aromatic N) is 3. The third kappa shape index (κ3) is 6.95. The number of ether oxygens (including phenoxy) is 1. The van der Waals surface area contributed by atoms with Crippen molar-refractivity contribution in [2.24, 2.45) is 11.8 Å². The maximum absolute atomic E-state index is 14.0. The molecule has 2 heterocycles. The number of urea groups is 1. The molecule has 0 spiro atoms. The van der Waals surface area contributed by atoms with Crippen molar-refractivity contribution in [2.45, 2.75) is 39.8 Å². The Labute approximate surface area is 215 Å². The Morgan fingerprint density at radius 1 is 1.32 bits per heavy atom. The van der Waals surface area contributed by atoms with E-state index in [0.29, 0.717) is 5.56 Å². The molecule has 1 aromatic heterocycles. The number of fused-ring (bicyclic) bond motifs is 1. The van der Waals surface area contributed by atoms with Crippen molar-refractivity contribution in [2.75, 3.05) is 32.1 Å². The Hall–Kier alpha value is -3.71. The third-order valence-electron chi connectivity index (χ3n) is 6.00. The van der Waals surface area contributed by atoms with E-state index in [9.17, 15) is 23.5 Å². The second-order valence-electron chi connectivity index (χ2n) is 9.56. The van der Waals surface area contributed by atoms with Gasteiger partial charge in [-0.15, -0.1) is 0 Å². The van der Waals surface area contributed by atoms with Crippen LogP contribution in [-0.4, -0.2) is 70.7 Å². The minimum atomic E-state index is -0.764. The Kier molecular flexibility index (Phi) is 9.05. The summed E-state index contributed by atoms with van der Waals surface area (Å²) in [5.41, 5.74) is 0.487. The Balaban J connectivity index is 1.89. The summed E-state index contributed by atoms with van der Waals surface area (Å²) in [7, 11) is 1.50. The fourth-order valence-corrected chi connectivity index (χ4v) is 3.77. The number of pyridine rings is 1. The topological polar surface area (TPSA) is 95.0 Å². The van der Waals surface area contributed by atoms with E-state index in [1.165, 1.54) is 18.1 Å². The van der Waals surface area contributed by atoms with Gasteiger partial charge in [0.2, 0.25) is 5.88 Å². The molecule has 198 valence electrons. The van der Waals surface area contributed by atoms with E-state index in [1.807, 2.05) is 20.8 Å². The van der Waals surface area contributed by atoms with Crippen molar-refractivity contribution in [1.29, 1.82) is 0 Å². The smallest absolute Gasteiger partial charge is 0.321 e. The van der Waals surface area contributed by atoms with Gasteiger partial charge in [-0.1, -0.05) is 32.6 Å². The van der Waals surface area contributed by atoms with Crippen molar-refractivity contribution in [1.82, 2.24) is 14.8 Å². The highest BCUT2D eigenvalue weighted by molar-refractivity contribution is 5.97. The summed E-state index contributed by atoms with van der Waals surface area (Å²) in [5, 5.41) is 12.1. The van der Waals surface area contributed by atoms with Crippen LogP contribution in [0.3, 0.4) is 0 Å². The Morgan fingerprint density at radius 2 is 2.05 bits per heavy atom. The van der Waals surface area contributed by atoms with E-state index in [4.69, 9.17) is 4.74 Å². The molecule has 37 heavy (non-hydrogen) atoms. The number of likely N-dealkylation sites (N-methyl/N-ethyl adjacent to an activating group) is 1. The van der Waals surface area contributed by atoms with Gasteiger partial charge < -0.3 is 25.0 Å². The molecule has 1 aromatic carbocycles. The molecule has 0 aliphatic carbocycles. The molecule has 8 nitrogen and oxygen atoms in total. The summed E-state index contributed by atoms with van der Waals surface area (Å²) in [6.07, 6.45) is 0.918. The first-order chi connectivity index (χ1) is 17.5. The summed E-state index contributed by atoms with van der Waals surface area (Å²) in [4.78, 5) is 33.4. The van der Waals surface area contributed by atoms with Gasteiger partial charge in [-0.05, 0) is 25.1 Å². The number of carbonyl (C=O) groups is 2. The monoisotopic (exact) mass is 514 g/mol. The largest absolute Gasteiger partial charge is 0.472 e. The van der Waals surface area contributed by atoms with Crippen LogP contribution < -0.4 is 10.1 Å². The van der Waals surface area contributed by atoms with Crippen molar-refractivity contribution in [3.63, 3.8) is 0 Å². The molecule has 0 unspecified atom stereocenters. The highest BCUT2D eigenvalue weighted by Crippen LogP contribution is 2.27. The number of nitrogens with one attached hydrogen (secondary N) is 1. The summed E-state index contributed by atoms with van der Waals surface area (Å²) >= 11 is 0. The number of aliphatic hydroxyl groups is 1. The number of hydrogen-bond donors (Lipinski definition) is 2. The molecule has 0 bridgehead atoms. The zero-order valence-electron chi connectivity index (χ0n) is 21.6. The zero-order chi connectivity index (χ0) is 27.3. The summed E-state index contributed by atoms with van der Waals surface area (Å²) in [6, 6.07) is 3.28. The van der Waals surface area contributed by atoms with E-state index in [1.54, 1.807) is 17.9 Å². The molecular weight excluding hydrogens is 482 g/mol. The first kappa shape index (κ1) is 27.9. The van der Waals surface area contributed by atoms with Crippen molar-refractivity contribution >= 4 is 17.6 Å². The molecule has 3 rings (SSSR count). The maximum Gasteiger partial charge on any atom is 0.321 e. The molecule has 0 fully saturated rings. The lowest BCUT2D eigenvalue weighted by Gasteiger charge is -2.37. The molecule has 1 aliphatic rings. The molecule has 0 saturated heterocycles. The number of anilines is 1. The summed E-state index contributed by atoms with van der Waals surface area (Å²) in [5.74, 6) is 4.22. The van der Waals surface area contributed by atoms with Gasteiger partial charge >= 0.3 is 6.03 Å². The minimum Gasteiger partial charge on any atom is -0.472 e. The van der Waals surface area contributed by atoms with Crippen LogP contribution in [0.1, 0.15) is 43.6 Å². The second kappa shape index (κ2) is 12.0. The predicted octanol–water partition coefficient (Wildman–Crippen LogP) is 3.75. The fourth-order valence-electron chi connectivity index (χ4n) is 3.77. The molecule has 10 heteroatoms. The summed E-state index contributed by atoms with van der Waals surface area (Å²) in [6.45, 7) is 7.59. The number of halogens is 2. The maximum atomic E-state index is 14.0. The summed E-state index contributed by atoms with van der Waals surface area (Å²) < 4.78 is 33.7. The third-order valence-corrected chi connectivity index (χ3v) is 6.00. The van der Waals surface area contributed by atoms with Gasteiger partial charge in [0.05, 0.1) is 24.9 Å². The first-order valence-corrected chi connectivity index (χ1v) is 12.1. The van der Waals surface area contributed by atoms with Crippen molar-refractivity contribution < 1.29 is 28.2 Å². The SMILES string of the molecule is CC(C)C#Cc1cnc2c(c1)C(=O)N([C@@H](C)CO)C[C@@H](C)[C@H](CN(C)C(=O)Nc1cc(F)ccc1F)O2. The van der Waals surface area contributed by atoms with Gasteiger partial charge in [0, 0.05) is 43.3 Å². The van der Waals surface area contributed by atoms with Crippen LogP contribution in [0.2, 0.25) is 0 Å². The Morgan fingerprint density at radius 3 is 2.73 bits per heavy atom. The number of aromatic nitrogens is 1. The van der Waals surface area contributed by atoms with E-state index in [0.717, 1.165) is 18.2 Å². The highest BCUT2D eigenvalue weighted by atomic mass is 19.1. The number of carbonyl (C=O) groups excluding carboxylic acids is 2. The standard InChI is InChI=1S/C27H32F2N4O4/c1-16(2)6-7-19-10-21-25(30-12-19)37-24(17(3)13-33(26(21)35)18(4)15-34)14-32(5)27(36)31-23-11-20(28)8-9-22(23)29/h8-12,16-18,24,34H,13-15H2,1-5H3,(H,31,36)/t17-,18+,24+/m1/s1. The van der Waals surface area contributed by atoms with Crippen molar-refractivity contribution in [3.8, 4) is 17.7 Å². The predicted molar refractivity (Wildman–Crippen MR) is 135 cm³/mol. The van der Waals surface area contributed by atoms with Crippen LogP contribution in [-0.2, 0) is 0 Å². The normalized spacial score (nSPS) is 18.1. The minimum absolute atomic E-state index is 0.0650. The lowest BCUT2D eigenvalue weighted by Crippen LogP contribution is -2.50. The van der Waals surface area contributed by atoms with Gasteiger partial charge in [-0.25, -0.2) is 18.6 Å². The van der Waals surface area contributed by atoms with Crippen molar-refractivity contribution in [3.05, 3.63) is 53.2 Å². The van der Waals surface area contributed by atoms with Crippen LogP contribution in [0.5, 0.6) is 5.88 Å². The Bertz CT molecular complexity index is 1210. The molecule has 3 atom stereocenters.